The van der Waals surface area contributed by atoms with E-state index >= 15 is 0 Å². The van der Waals surface area contributed by atoms with Crippen molar-refractivity contribution >= 4 is 28.8 Å². The van der Waals surface area contributed by atoms with Crippen molar-refractivity contribution < 1.29 is 14.0 Å². The van der Waals surface area contributed by atoms with Gasteiger partial charge in [0.15, 0.2) is 0 Å². The summed E-state index contributed by atoms with van der Waals surface area (Å²) in [6, 6.07) is 13.0. The maximum atomic E-state index is 13.3. The fraction of sp³-hybridized carbons (Fsp3) is 0.238. The van der Waals surface area contributed by atoms with Crippen LogP contribution in [0.15, 0.2) is 48.5 Å². The van der Waals surface area contributed by atoms with Crippen LogP contribution in [0.2, 0.25) is 0 Å². The first-order valence-electron chi connectivity index (χ1n) is 9.30. The number of carbonyl (C=O) groups is 2. The molecule has 3 aromatic rings. The van der Waals surface area contributed by atoms with E-state index in [4.69, 9.17) is 0 Å². The lowest BCUT2D eigenvalue weighted by Crippen LogP contribution is -2.31. The Balaban J connectivity index is 1.51. The van der Waals surface area contributed by atoms with Crippen LogP contribution in [-0.4, -0.2) is 33.5 Å². The van der Waals surface area contributed by atoms with Crippen molar-refractivity contribution in [2.24, 2.45) is 0 Å². The topological polar surface area (TPSA) is 75.2 Å². The Bertz CT molecular complexity index is 1070. The molecule has 2 aromatic carbocycles. The van der Waals surface area contributed by atoms with Gasteiger partial charge in [0.25, 0.3) is 11.8 Å². The van der Waals surface area contributed by atoms with Crippen LogP contribution in [0, 0.1) is 12.7 Å². The van der Waals surface area contributed by atoms with Gasteiger partial charge in [0.2, 0.25) is 5.01 Å². The van der Waals surface area contributed by atoms with E-state index in [1.54, 1.807) is 11.0 Å². The van der Waals surface area contributed by atoms with Crippen LogP contribution in [0.3, 0.4) is 0 Å². The van der Waals surface area contributed by atoms with Crippen molar-refractivity contribution in [1.29, 1.82) is 0 Å². The van der Waals surface area contributed by atoms with Gasteiger partial charge in [-0.25, -0.2) is 4.39 Å². The number of anilines is 1. The molecule has 1 aliphatic rings. The van der Waals surface area contributed by atoms with Gasteiger partial charge in [0, 0.05) is 17.8 Å². The normalized spacial score (nSPS) is 16.1. The smallest absolute Gasteiger partial charge is 0.286 e. The van der Waals surface area contributed by atoms with E-state index in [9.17, 15) is 14.0 Å². The molecule has 6 nitrogen and oxygen atoms in total. The van der Waals surface area contributed by atoms with Gasteiger partial charge in [0.05, 0.1) is 6.04 Å². The Morgan fingerprint density at radius 2 is 2.00 bits per heavy atom. The summed E-state index contributed by atoms with van der Waals surface area (Å²) in [6.45, 7) is 2.56. The molecule has 0 aliphatic carbocycles. The monoisotopic (exact) mass is 410 g/mol. The number of carbonyl (C=O) groups excluding carboxylic acids is 2. The molecule has 0 bridgehead atoms. The number of aromatic nitrogens is 2. The van der Waals surface area contributed by atoms with Crippen molar-refractivity contribution in [2.45, 2.75) is 25.8 Å². The zero-order valence-electron chi connectivity index (χ0n) is 15.8. The molecule has 1 saturated heterocycles. The van der Waals surface area contributed by atoms with Crippen LogP contribution >= 0.6 is 11.3 Å². The number of nitrogens with zero attached hydrogens (tertiary/aromatic N) is 3. The van der Waals surface area contributed by atoms with Gasteiger partial charge in [-0.05, 0) is 49.6 Å². The summed E-state index contributed by atoms with van der Waals surface area (Å²) in [5.74, 6) is -0.919. The lowest BCUT2D eigenvalue weighted by Gasteiger charge is -2.23. The summed E-state index contributed by atoms with van der Waals surface area (Å²) in [6.07, 6.45) is 1.64. The quantitative estimate of drug-likeness (QED) is 0.699. The number of benzene rings is 2. The van der Waals surface area contributed by atoms with Crippen LogP contribution in [-0.2, 0) is 0 Å². The third-order valence-corrected chi connectivity index (χ3v) is 5.91. The zero-order valence-corrected chi connectivity index (χ0v) is 16.6. The van der Waals surface area contributed by atoms with Crippen LogP contribution in [0.5, 0.6) is 0 Å². The fourth-order valence-corrected chi connectivity index (χ4v) is 4.33. The molecule has 2 heterocycles. The lowest BCUT2D eigenvalue weighted by molar-refractivity contribution is 0.0734. The molecule has 1 fully saturated rings. The van der Waals surface area contributed by atoms with Gasteiger partial charge in [-0.15, -0.1) is 10.2 Å². The second kappa shape index (κ2) is 8.08. The summed E-state index contributed by atoms with van der Waals surface area (Å²) in [5, 5.41) is 11.6. The molecule has 2 amide bonds. The minimum atomic E-state index is -0.450. The number of hydrogen-bond donors (Lipinski definition) is 1. The molecule has 148 valence electrons. The van der Waals surface area contributed by atoms with Gasteiger partial charge >= 0.3 is 0 Å². The van der Waals surface area contributed by atoms with E-state index in [2.05, 4.69) is 15.5 Å². The van der Waals surface area contributed by atoms with Gasteiger partial charge in [-0.2, -0.15) is 0 Å². The molecule has 0 spiro atoms. The predicted molar refractivity (Wildman–Crippen MR) is 108 cm³/mol. The van der Waals surface area contributed by atoms with Crippen LogP contribution in [0.1, 0.15) is 49.6 Å². The molecule has 1 aromatic heterocycles. The highest BCUT2D eigenvalue weighted by atomic mass is 32.1. The predicted octanol–water partition coefficient (Wildman–Crippen LogP) is 4.22. The highest BCUT2D eigenvalue weighted by Gasteiger charge is 2.34. The SMILES string of the molecule is Cc1ccccc1C(=O)N1CCC[C@@H]1c1nnc(C(=O)Nc2cccc(F)c2)s1. The Hall–Kier alpha value is -3.13. The first kappa shape index (κ1) is 19.2. The molecule has 0 radical (unpaired) electrons. The molecule has 8 heteroatoms. The number of amides is 2. The third-order valence-electron chi connectivity index (χ3n) is 4.89. The molecule has 1 N–H and O–H groups in total. The molecule has 0 unspecified atom stereocenters. The van der Waals surface area contributed by atoms with Crippen molar-refractivity contribution in [2.75, 3.05) is 11.9 Å². The molecule has 4 rings (SSSR count). The zero-order chi connectivity index (χ0) is 20.4. The summed E-state index contributed by atoms with van der Waals surface area (Å²) >= 11 is 1.16. The van der Waals surface area contributed by atoms with E-state index < -0.39 is 11.7 Å². The van der Waals surface area contributed by atoms with Crippen LogP contribution < -0.4 is 5.32 Å². The van der Waals surface area contributed by atoms with Gasteiger partial charge < -0.3 is 10.2 Å². The Morgan fingerprint density at radius 3 is 2.79 bits per heavy atom. The average molecular weight is 410 g/mol. The standard InChI is InChI=1S/C21H19FN4O2S/c1-13-6-2-3-9-16(13)21(28)26-11-5-10-17(26)19-24-25-20(29-19)18(27)23-15-8-4-7-14(22)12-15/h2-4,6-9,12,17H,5,10-11H2,1H3,(H,23,27)/t17-/m1/s1. The maximum Gasteiger partial charge on any atom is 0.286 e. The molecule has 1 aliphatic heterocycles. The number of rotatable bonds is 4. The van der Waals surface area contributed by atoms with E-state index in [1.165, 1.54) is 18.2 Å². The van der Waals surface area contributed by atoms with Crippen molar-refractivity contribution in [3.63, 3.8) is 0 Å². The highest BCUT2D eigenvalue weighted by Crippen LogP contribution is 2.35. The molecule has 29 heavy (non-hydrogen) atoms. The van der Waals surface area contributed by atoms with Crippen molar-refractivity contribution in [3.8, 4) is 0 Å². The van der Waals surface area contributed by atoms with E-state index in [1.807, 2.05) is 31.2 Å². The van der Waals surface area contributed by atoms with Crippen molar-refractivity contribution in [3.05, 3.63) is 75.5 Å². The van der Waals surface area contributed by atoms with Gasteiger partial charge in [0.1, 0.15) is 10.8 Å². The number of halogens is 1. The van der Waals surface area contributed by atoms with Gasteiger partial charge in [-0.3, -0.25) is 9.59 Å². The molecule has 0 saturated carbocycles. The molecular formula is C21H19FN4O2S. The minimum absolute atomic E-state index is 0.0356. The largest absolute Gasteiger partial charge is 0.329 e. The highest BCUT2D eigenvalue weighted by molar-refractivity contribution is 7.13. The minimum Gasteiger partial charge on any atom is -0.329 e. The number of aryl methyl sites for hydroxylation is 1. The Labute approximate surface area is 171 Å². The van der Waals surface area contributed by atoms with Crippen LogP contribution in [0.4, 0.5) is 10.1 Å². The number of nitrogens with one attached hydrogen (secondary N) is 1. The first-order valence-corrected chi connectivity index (χ1v) is 10.1. The Morgan fingerprint density at radius 1 is 1.17 bits per heavy atom. The summed E-state index contributed by atoms with van der Waals surface area (Å²) in [5.41, 5.74) is 1.95. The maximum absolute atomic E-state index is 13.3. The summed E-state index contributed by atoms with van der Waals surface area (Å²) < 4.78 is 13.3. The number of hydrogen-bond acceptors (Lipinski definition) is 5. The molecular weight excluding hydrogens is 391 g/mol. The summed E-state index contributed by atoms with van der Waals surface area (Å²) in [7, 11) is 0. The average Bonchev–Trinajstić information content (AvgIpc) is 3.37. The number of likely N-dealkylation sites (tertiary alicyclic amines) is 1. The van der Waals surface area contributed by atoms with E-state index in [-0.39, 0.29) is 17.0 Å². The first-order chi connectivity index (χ1) is 14.0. The Kier molecular flexibility index (Phi) is 5.35. The fourth-order valence-electron chi connectivity index (χ4n) is 3.45. The van der Waals surface area contributed by atoms with Crippen LogP contribution in [0.25, 0.3) is 0 Å². The lowest BCUT2D eigenvalue weighted by atomic mass is 10.1. The van der Waals surface area contributed by atoms with Crippen molar-refractivity contribution in [1.82, 2.24) is 15.1 Å². The summed E-state index contributed by atoms with van der Waals surface area (Å²) in [4.78, 5) is 27.3. The van der Waals surface area contributed by atoms with E-state index in [0.717, 1.165) is 29.7 Å². The third kappa shape index (κ3) is 4.02. The molecule has 1 atom stereocenters. The second-order valence-electron chi connectivity index (χ2n) is 6.88. The van der Waals surface area contributed by atoms with E-state index in [0.29, 0.717) is 22.8 Å². The second-order valence-corrected chi connectivity index (χ2v) is 7.89. The van der Waals surface area contributed by atoms with Gasteiger partial charge in [-0.1, -0.05) is 35.6 Å².